The molecule has 2 saturated carbocycles. The molecule has 0 aromatic rings. The number of nitrogens with one attached hydrogen (secondary N) is 1. The molecular weight excluding hydrogens is 260 g/mol. The number of fused-ring (bicyclic) bond motifs is 2. The summed E-state index contributed by atoms with van der Waals surface area (Å²) in [6.45, 7) is 1.91. The van der Waals surface area contributed by atoms with Gasteiger partial charge in [0, 0.05) is 25.6 Å². The minimum Gasteiger partial charge on any atom is -0.341 e. The van der Waals surface area contributed by atoms with Crippen LogP contribution in [0.2, 0.25) is 0 Å². The number of rotatable bonds is 3. The van der Waals surface area contributed by atoms with Crippen LogP contribution >= 0.6 is 12.4 Å². The molecule has 2 bridgehead atoms. The van der Waals surface area contributed by atoms with Crippen molar-refractivity contribution in [1.82, 2.24) is 10.2 Å². The maximum Gasteiger partial charge on any atom is 0.222 e. The van der Waals surface area contributed by atoms with Crippen LogP contribution in [0, 0.1) is 17.8 Å². The third kappa shape index (κ3) is 3.25. The van der Waals surface area contributed by atoms with Gasteiger partial charge in [0.1, 0.15) is 0 Å². The van der Waals surface area contributed by atoms with E-state index < -0.39 is 0 Å². The van der Waals surface area contributed by atoms with Gasteiger partial charge < -0.3 is 10.2 Å². The zero-order chi connectivity index (χ0) is 12.5. The van der Waals surface area contributed by atoms with E-state index >= 15 is 0 Å². The molecule has 110 valence electrons. The molecule has 3 nitrogen and oxygen atoms in total. The highest BCUT2D eigenvalue weighted by atomic mass is 35.5. The van der Waals surface area contributed by atoms with E-state index in [1.807, 2.05) is 7.05 Å². The van der Waals surface area contributed by atoms with Crippen LogP contribution in [0.1, 0.15) is 44.9 Å². The van der Waals surface area contributed by atoms with Gasteiger partial charge in [-0.1, -0.05) is 6.42 Å². The fraction of sp³-hybridized carbons (Fsp3) is 0.933. The normalized spacial score (nSPS) is 37.2. The third-order valence-corrected chi connectivity index (χ3v) is 5.50. The summed E-state index contributed by atoms with van der Waals surface area (Å²) in [5, 5.41) is 3.32. The maximum absolute atomic E-state index is 12.4. The molecule has 3 fully saturated rings. The molecule has 1 amide bonds. The number of piperidine rings is 1. The van der Waals surface area contributed by atoms with Gasteiger partial charge in [0.25, 0.3) is 0 Å². The van der Waals surface area contributed by atoms with Crippen molar-refractivity contribution in [1.29, 1.82) is 0 Å². The van der Waals surface area contributed by atoms with Gasteiger partial charge in [0.05, 0.1) is 0 Å². The Kier molecular flexibility index (Phi) is 5.13. The fourth-order valence-electron chi connectivity index (χ4n) is 4.42. The number of carbonyl (C=O) groups is 1. The molecule has 0 radical (unpaired) electrons. The molecule has 3 aliphatic rings. The number of nitrogens with zero attached hydrogens (tertiary/aromatic N) is 1. The van der Waals surface area contributed by atoms with Crippen molar-refractivity contribution in [3.05, 3.63) is 0 Å². The van der Waals surface area contributed by atoms with Crippen molar-refractivity contribution in [2.75, 3.05) is 20.1 Å². The number of carbonyl (C=O) groups excluding carboxylic acids is 1. The van der Waals surface area contributed by atoms with Gasteiger partial charge >= 0.3 is 0 Å². The predicted molar refractivity (Wildman–Crippen MR) is 79.5 cm³/mol. The Morgan fingerprint density at radius 1 is 1.26 bits per heavy atom. The fourth-order valence-corrected chi connectivity index (χ4v) is 4.42. The van der Waals surface area contributed by atoms with Gasteiger partial charge in [0.2, 0.25) is 5.91 Å². The minimum atomic E-state index is 0. The molecule has 2 aliphatic carbocycles. The Balaban J connectivity index is 0.00000133. The maximum atomic E-state index is 12.4. The summed E-state index contributed by atoms with van der Waals surface area (Å²) in [6.07, 6.45) is 8.78. The number of hydrogen-bond acceptors (Lipinski definition) is 2. The molecule has 0 aromatic carbocycles. The number of likely N-dealkylation sites (tertiary alicyclic amines) is 1. The zero-order valence-electron chi connectivity index (χ0n) is 11.9. The summed E-state index contributed by atoms with van der Waals surface area (Å²) in [7, 11) is 2.01. The van der Waals surface area contributed by atoms with Gasteiger partial charge in [-0.2, -0.15) is 0 Å². The largest absolute Gasteiger partial charge is 0.341 e. The van der Waals surface area contributed by atoms with Crippen LogP contribution in [-0.4, -0.2) is 37.0 Å². The van der Waals surface area contributed by atoms with Crippen molar-refractivity contribution in [3.63, 3.8) is 0 Å². The van der Waals surface area contributed by atoms with E-state index in [0.717, 1.165) is 37.8 Å². The van der Waals surface area contributed by atoms with Gasteiger partial charge in [-0.3, -0.25) is 4.79 Å². The molecule has 1 aliphatic heterocycles. The van der Waals surface area contributed by atoms with Crippen LogP contribution in [0.15, 0.2) is 0 Å². The Bertz CT molecular complexity index is 323. The molecule has 0 spiro atoms. The molecule has 1 heterocycles. The lowest BCUT2D eigenvalue weighted by atomic mass is 9.86. The summed E-state index contributed by atoms with van der Waals surface area (Å²) >= 11 is 0. The van der Waals surface area contributed by atoms with E-state index in [0.29, 0.717) is 17.9 Å². The van der Waals surface area contributed by atoms with Crippen LogP contribution in [0.3, 0.4) is 0 Å². The third-order valence-electron chi connectivity index (χ3n) is 5.50. The number of hydrogen-bond donors (Lipinski definition) is 1. The van der Waals surface area contributed by atoms with Crippen molar-refractivity contribution in [2.45, 2.75) is 51.0 Å². The topological polar surface area (TPSA) is 32.3 Å². The van der Waals surface area contributed by atoms with E-state index in [4.69, 9.17) is 0 Å². The first-order valence-corrected chi connectivity index (χ1v) is 7.71. The monoisotopic (exact) mass is 286 g/mol. The summed E-state index contributed by atoms with van der Waals surface area (Å²) in [5.41, 5.74) is 0. The van der Waals surface area contributed by atoms with Crippen LogP contribution in [-0.2, 0) is 4.79 Å². The molecule has 4 unspecified atom stereocenters. The average Bonchev–Trinajstić information content (AvgIpc) is 3.01. The SMILES string of the molecule is CNC1CCCN(C(=O)CC2CC3CCC2C3)C1.Cl. The molecule has 4 heteroatoms. The van der Waals surface area contributed by atoms with E-state index in [1.54, 1.807) is 0 Å². The Hall–Kier alpha value is -0.280. The molecule has 19 heavy (non-hydrogen) atoms. The molecule has 0 aromatic heterocycles. The first-order valence-electron chi connectivity index (χ1n) is 7.71. The zero-order valence-corrected chi connectivity index (χ0v) is 12.8. The van der Waals surface area contributed by atoms with Crippen molar-refractivity contribution >= 4 is 18.3 Å². The number of likely N-dealkylation sites (N-methyl/N-ethyl adjacent to an activating group) is 1. The Morgan fingerprint density at radius 2 is 2.11 bits per heavy atom. The average molecular weight is 287 g/mol. The second-order valence-electron chi connectivity index (χ2n) is 6.61. The van der Waals surface area contributed by atoms with E-state index in [9.17, 15) is 4.79 Å². The molecule has 1 N–H and O–H groups in total. The number of amides is 1. The lowest BCUT2D eigenvalue weighted by molar-refractivity contribution is -0.133. The summed E-state index contributed by atoms with van der Waals surface area (Å²) in [4.78, 5) is 14.5. The van der Waals surface area contributed by atoms with Crippen LogP contribution in [0.25, 0.3) is 0 Å². The first-order chi connectivity index (χ1) is 8.76. The highest BCUT2D eigenvalue weighted by molar-refractivity contribution is 5.85. The van der Waals surface area contributed by atoms with Gasteiger partial charge in [-0.05, 0) is 56.9 Å². The molecular formula is C15H27ClN2O. The van der Waals surface area contributed by atoms with Crippen LogP contribution in [0.5, 0.6) is 0 Å². The predicted octanol–water partition coefficient (Wildman–Crippen LogP) is 2.44. The van der Waals surface area contributed by atoms with Crippen LogP contribution < -0.4 is 5.32 Å². The summed E-state index contributed by atoms with van der Waals surface area (Å²) in [5.74, 6) is 2.97. The standard InChI is InChI=1S/C15H26N2O.ClH/c1-16-14-3-2-6-17(10-14)15(18)9-13-8-11-4-5-12(13)7-11;/h11-14,16H,2-10H2,1H3;1H. The van der Waals surface area contributed by atoms with E-state index in [2.05, 4.69) is 10.2 Å². The summed E-state index contributed by atoms with van der Waals surface area (Å²) < 4.78 is 0. The smallest absolute Gasteiger partial charge is 0.222 e. The van der Waals surface area contributed by atoms with Crippen LogP contribution in [0.4, 0.5) is 0 Å². The highest BCUT2D eigenvalue weighted by Gasteiger charge is 2.40. The van der Waals surface area contributed by atoms with Gasteiger partial charge in [0.15, 0.2) is 0 Å². The number of halogens is 1. The van der Waals surface area contributed by atoms with Gasteiger partial charge in [-0.15, -0.1) is 12.4 Å². The summed E-state index contributed by atoms with van der Waals surface area (Å²) in [6, 6.07) is 0.516. The van der Waals surface area contributed by atoms with Crippen molar-refractivity contribution in [2.24, 2.45) is 17.8 Å². The highest BCUT2D eigenvalue weighted by Crippen LogP contribution is 2.49. The first kappa shape index (κ1) is 15.1. The van der Waals surface area contributed by atoms with Crippen molar-refractivity contribution < 1.29 is 4.79 Å². The quantitative estimate of drug-likeness (QED) is 0.864. The lowest BCUT2D eigenvalue weighted by Gasteiger charge is -2.34. The Labute approximate surface area is 122 Å². The minimum absolute atomic E-state index is 0. The molecule has 1 saturated heterocycles. The second kappa shape index (κ2) is 6.45. The van der Waals surface area contributed by atoms with E-state index in [-0.39, 0.29) is 12.4 Å². The second-order valence-corrected chi connectivity index (χ2v) is 6.61. The van der Waals surface area contributed by atoms with Crippen molar-refractivity contribution in [3.8, 4) is 0 Å². The van der Waals surface area contributed by atoms with E-state index in [1.165, 1.54) is 32.1 Å². The Morgan fingerprint density at radius 3 is 2.74 bits per heavy atom. The van der Waals surface area contributed by atoms with Gasteiger partial charge in [-0.25, -0.2) is 0 Å². The molecule has 3 rings (SSSR count). The molecule has 4 atom stereocenters. The lowest BCUT2D eigenvalue weighted by Crippen LogP contribution is -2.47.